The molecule has 0 saturated carbocycles. The van der Waals surface area contributed by atoms with Gasteiger partial charge in [0.25, 0.3) is 0 Å². The Kier molecular flexibility index (Phi) is 15.9. The number of ether oxygens (including phenoxy) is 2. The first-order valence-corrected chi connectivity index (χ1v) is 11.6. The van der Waals surface area contributed by atoms with E-state index in [-0.39, 0.29) is 13.2 Å². The smallest absolute Gasteiger partial charge is 0.111 e. The molecule has 0 bridgehead atoms. The van der Waals surface area contributed by atoms with Crippen molar-refractivity contribution in [3.05, 3.63) is 12.2 Å². The molecule has 3 N–H and O–H groups in total. The zero-order valence-corrected chi connectivity index (χ0v) is 17.9. The maximum atomic E-state index is 9.98. The van der Waals surface area contributed by atoms with E-state index < -0.39 is 24.4 Å². The van der Waals surface area contributed by atoms with E-state index in [4.69, 9.17) is 14.6 Å². The lowest BCUT2D eigenvalue weighted by Crippen LogP contribution is -2.55. The van der Waals surface area contributed by atoms with E-state index in [1.807, 2.05) is 0 Å². The number of rotatable bonds is 17. The monoisotopic (exact) mass is 400 g/mol. The number of allylic oxidation sites excluding steroid dienone is 1. The van der Waals surface area contributed by atoms with Crippen molar-refractivity contribution in [3.8, 4) is 0 Å². The Balaban J connectivity index is 1.87. The van der Waals surface area contributed by atoms with Crippen LogP contribution < -0.4 is 0 Å². The largest absolute Gasteiger partial charge is 0.394 e. The predicted octanol–water partition coefficient (Wildman–Crippen LogP) is 4.13. The van der Waals surface area contributed by atoms with Crippen LogP contribution in [0.2, 0.25) is 0 Å². The molecule has 0 amide bonds. The fourth-order valence-electron chi connectivity index (χ4n) is 3.61. The maximum absolute atomic E-state index is 9.98. The van der Waals surface area contributed by atoms with E-state index in [9.17, 15) is 10.2 Å². The van der Waals surface area contributed by atoms with Gasteiger partial charge in [-0.15, -0.1) is 0 Å². The van der Waals surface area contributed by atoms with Crippen LogP contribution in [0.1, 0.15) is 90.4 Å². The number of aliphatic hydroxyl groups excluding tert-OH is 3. The van der Waals surface area contributed by atoms with Gasteiger partial charge in [0.1, 0.15) is 24.4 Å². The van der Waals surface area contributed by atoms with Gasteiger partial charge >= 0.3 is 0 Å². The van der Waals surface area contributed by atoms with Crippen molar-refractivity contribution in [2.45, 2.75) is 115 Å². The molecular weight excluding hydrogens is 356 g/mol. The third kappa shape index (κ3) is 11.5. The molecule has 4 atom stereocenters. The van der Waals surface area contributed by atoms with Gasteiger partial charge in [0, 0.05) is 0 Å². The second-order valence-corrected chi connectivity index (χ2v) is 8.03. The third-order valence-corrected chi connectivity index (χ3v) is 5.52. The maximum Gasteiger partial charge on any atom is 0.111 e. The Morgan fingerprint density at radius 1 is 0.821 bits per heavy atom. The van der Waals surface area contributed by atoms with E-state index in [1.54, 1.807) is 0 Å². The van der Waals surface area contributed by atoms with Gasteiger partial charge < -0.3 is 24.8 Å². The second-order valence-electron chi connectivity index (χ2n) is 8.03. The zero-order chi connectivity index (χ0) is 20.5. The molecule has 5 heteroatoms. The van der Waals surface area contributed by atoms with Gasteiger partial charge in [-0.1, -0.05) is 83.3 Å². The van der Waals surface area contributed by atoms with Gasteiger partial charge in [0.2, 0.25) is 0 Å². The molecule has 0 aliphatic carbocycles. The predicted molar refractivity (Wildman–Crippen MR) is 113 cm³/mol. The minimum Gasteiger partial charge on any atom is -0.394 e. The highest BCUT2D eigenvalue weighted by Gasteiger charge is 2.38. The van der Waals surface area contributed by atoms with E-state index in [2.05, 4.69) is 19.1 Å². The molecule has 1 heterocycles. The summed E-state index contributed by atoms with van der Waals surface area (Å²) in [4.78, 5) is 0. The lowest BCUT2D eigenvalue weighted by atomic mass is 10.0. The molecule has 0 radical (unpaired) electrons. The van der Waals surface area contributed by atoms with Crippen LogP contribution in [-0.2, 0) is 9.47 Å². The molecule has 1 rings (SSSR count). The first kappa shape index (κ1) is 25.6. The van der Waals surface area contributed by atoms with Gasteiger partial charge in [-0.2, -0.15) is 0 Å². The Bertz CT molecular complexity index is 374. The Hall–Kier alpha value is -0.460. The molecule has 28 heavy (non-hydrogen) atoms. The van der Waals surface area contributed by atoms with Crippen molar-refractivity contribution in [2.75, 3.05) is 19.8 Å². The summed E-state index contributed by atoms with van der Waals surface area (Å²) in [5.74, 6) is 0. The van der Waals surface area contributed by atoms with Crippen LogP contribution in [0.4, 0.5) is 0 Å². The zero-order valence-electron chi connectivity index (χ0n) is 17.9. The topological polar surface area (TPSA) is 79.2 Å². The lowest BCUT2D eigenvalue weighted by Gasteiger charge is -2.36. The summed E-state index contributed by atoms with van der Waals surface area (Å²) in [5.41, 5.74) is 0. The van der Waals surface area contributed by atoms with E-state index >= 15 is 0 Å². The molecule has 0 spiro atoms. The van der Waals surface area contributed by atoms with Crippen LogP contribution in [0.15, 0.2) is 12.2 Å². The van der Waals surface area contributed by atoms with Crippen LogP contribution in [-0.4, -0.2) is 59.6 Å². The number of aliphatic hydroxyl groups is 3. The SMILES string of the molecule is CCCCCCCCCCCCC/C=C/CCO[C@@H]1CO[C@@H](CO)[C@H](O)[C@H]1O. The highest BCUT2D eigenvalue weighted by atomic mass is 16.6. The summed E-state index contributed by atoms with van der Waals surface area (Å²) in [7, 11) is 0. The lowest BCUT2D eigenvalue weighted by molar-refractivity contribution is -0.208. The van der Waals surface area contributed by atoms with Crippen molar-refractivity contribution in [2.24, 2.45) is 0 Å². The minimum absolute atomic E-state index is 0.200. The quantitative estimate of drug-likeness (QED) is 0.253. The molecule has 1 fully saturated rings. The Labute approximate surface area is 172 Å². The van der Waals surface area contributed by atoms with Crippen molar-refractivity contribution in [1.82, 2.24) is 0 Å². The molecule has 166 valence electrons. The summed E-state index contributed by atoms with van der Waals surface area (Å²) in [6.45, 7) is 2.66. The van der Waals surface area contributed by atoms with Gasteiger partial charge in [0.05, 0.1) is 19.8 Å². The average Bonchev–Trinajstić information content (AvgIpc) is 2.70. The van der Waals surface area contributed by atoms with Crippen molar-refractivity contribution >= 4 is 0 Å². The Morgan fingerprint density at radius 3 is 2.00 bits per heavy atom. The summed E-state index contributed by atoms with van der Waals surface area (Å²) >= 11 is 0. The molecule has 1 aliphatic heterocycles. The second kappa shape index (κ2) is 17.4. The van der Waals surface area contributed by atoms with Crippen LogP contribution in [0.3, 0.4) is 0 Å². The number of unbranched alkanes of at least 4 members (excludes halogenated alkanes) is 11. The van der Waals surface area contributed by atoms with Crippen molar-refractivity contribution < 1.29 is 24.8 Å². The molecule has 0 aromatic rings. The highest BCUT2D eigenvalue weighted by molar-refractivity contribution is 4.88. The number of hydrogen-bond donors (Lipinski definition) is 3. The van der Waals surface area contributed by atoms with Crippen LogP contribution in [0, 0.1) is 0 Å². The summed E-state index contributed by atoms with van der Waals surface area (Å²) < 4.78 is 10.9. The van der Waals surface area contributed by atoms with Crippen molar-refractivity contribution in [1.29, 1.82) is 0 Å². The molecule has 1 aliphatic rings. The van der Waals surface area contributed by atoms with E-state index in [0.717, 1.165) is 12.8 Å². The molecule has 5 nitrogen and oxygen atoms in total. The van der Waals surface area contributed by atoms with E-state index in [0.29, 0.717) is 6.61 Å². The molecule has 0 unspecified atom stereocenters. The van der Waals surface area contributed by atoms with Gasteiger partial charge in [-0.05, 0) is 19.3 Å². The molecule has 1 saturated heterocycles. The van der Waals surface area contributed by atoms with Crippen LogP contribution in [0.5, 0.6) is 0 Å². The average molecular weight is 401 g/mol. The molecule has 0 aromatic heterocycles. The summed E-state index contributed by atoms with van der Waals surface area (Å²) in [5, 5.41) is 28.8. The van der Waals surface area contributed by atoms with Gasteiger partial charge in [0.15, 0.2) is 0 Å². The fraction of sp³-hybridized carbons (Fsp3) is 0.913. The summed E-state index contributed by atoms with van der Waals surface area (Å²) in [6, 6.07) is 0. The van der Waals surface area contributed by atoms with Crippen molar-refractivity contribution in [3.63, 3.8) is 0 Å². The highest BCUT2D eigenvalue weighted by Crippen LogP contribution is 2.18. The van der Waals surface area contributed by atoms with Gasteiger partial charge in [-0.3, -0.25) is 0 Å². The normalized spacial score (nSPS) is 25.6. The van der Waals surface area contributed by atoms with E-state index in [1.165, 1.54) is 70.6 Å². The minimum atomic E-state index is -1.10. The molecule has 0 aromatic carbocycles. The van der Waals surface area contributed by atoms with Gasteiger partial charge in [-0.25, -0.2) is 0 Å². The fourth-order valence-corrected chi connectivity index (χ4v) is 3.61. The standard InChI is InChI=1S/C23H44O5/c1-2-3-4-5-6-7-8-9-10-11-12-13-14-15-16-17-27-21-19-28-20(18-24)22(25)23(21)26/h14-15,20-26H,2-13,16-19H2,1H3/b15-14+/t20-,21+,22-,23-/m0/s1. The first-order chi connectivity index (χ1) is 13.7. The van der Waals surface area contributed by atoms with Crippen LogP contribution in [0.25, 0.3) is 0 Å². The molecular formula is C23H44O5. The first-order valence-electron chi connectivity index (χ1n) is 11.6. The number of hydrogen-bond acceptors (Lipinski definition) is 5. The Morgan fingerprint density at radius 2 is 1.39 bits per heavy atom. The summed E-state index contributed by atoms with van der Waals surface area (Å²) in [6.07, 6.45) is 17.9. The third-order valence-electron chi connectivity index (χ3n) is 5.52. The van der Waals surface area contributed by atoms with Crippen LogP contribution >= 0.6 is 0 Å².